The van der Waals surface area contributed by atoms with Gasteiger partial charge in [0, 0.05) is 37.5 Å². The minimum atomic E-state index is -0.0200. The van der Waals surface area contributed by atoms with Gasteiger partial charge in [-0.2, -0.15) is 5.10 Å². The minimum absolute atomic E-state index is 0.00392. The van der Waals surface area contributed by atoms with E-state index in [4.69, 9.17) is 0 Å². The van der Waals surface area contributed by atoms with Crippen LogP contribution in [-0.2, 0) is 7.05 Å². The monoisotopic (exact) mass is 405 g/mol. The molecule has 1 saturated carbocycles. The van der Waals surface area contributed by atoms with E-state index < -0.39 is 0 Å². The van der Waals surface area contributed by atoms with Gasteiger partial charge in [-0.25, -0.2) is 14.5 Å². The molecule has 7 nitrogen and oxygen atoms in total. The van der Waals surface area contributed by atoms with Crippen molar-refractivity contribution in [1.29, 1.82) is 0 Å². The smallest absolute Gasteiger partial charge is 0.337 e. The van der Waals surface area contributed by atoms with Crippen molar-refractivity contribution in [2.24, 2.45) is 7.05 Å². The van der Waals surface area contributed by atoms with E-state index in [1.165, 1.54) is 17.5 Å². The normalized spacial score (nSPS) is 18.4. The van der Waals surface area contributed by atoms with Crippen LogP contribution in [0.4, 0.5) is 0 Å². The molecule has 0 bridgehead atoms. The molecular formula is C23H27N5O2. The van der Waals surface area contributed by atoms with Gasteiger partial charge in [0.2, 0.25) is 0 Å². The predicted molar refractivity (Wildman–Crippen MR) is 115 cm³/mol. The molecule has 0 radical (unpaired) electrons. The van der Waals surface area contributed by atoms with Crippen LogP contribution in [0.3, 0.4) is 0 Å². The van der Waals surface area contributed by atoms with Crippen LogP contribution in [-0.4, -0.2) is 43.2 Å². The van der Waals surface area contributed by atoms with Crippen molar-refractivity contribution >= 4 is 16.8 Å². The number of likely N-dealkylation sites (tertiary alicyclic amines) is 1. The summed E-state index contributed by atoms with van der Waals surface area (Å²) < 4.78 is 3.42. The molecule has 0 atom stereocenters. The van der Waals surface area contributed by atoms with Crippen LogP contribution in [0.2, 0.25) is 0 Å². The lowest BCUT2D eigenvalue weighted by Gasteiger charge is -2.32. The number of piperidine rings is 1. The van der Waals surface area contributed by atoms with E-state index in [-0.39, 0.29) is 23.6 Å². The van der Waals surface area contributed by atoms with Crippen LogP contribution in [0.25, 0.3) is 10.9 Å². The van der Waals surface area contributed by atoms with E-state index in [1.807, 2.05) is 45.9 Å². The Morgan fingerprint density at radius 1 is 1.00 bits per heavy atom. The highest BCUT2D eigenvalue weighted by Gasteiger charge is 2.31. The summed E-state index contributed by atoms with van der Waals surface area (Å²) in [7, 11) is 1.74. The number of hydrogen-bond acceptors (Lipinski definition) is 4. The number of para-hydroxylation sites is 1. The first-order valence-corrected chi connectivity index (χ1v) is 10.9. The lowest BCUT2D eigenvalue weighted by atomic mass is 9.95. The summed E-state index contributed by atoms with van der Waals surface area (Å²) in [5.41, 5.74) is 1.33. The van der Waals surface area contributed by atoms with Gasteiger partial charge < -0.3 is 4.90 Å². The number of fused-ring (bicyclic) bond motifs is 1. The van der Waals surface area contributed by atoms with Crippen LogP contribution in [0, 0.1) is 0 Å². The van der Waals surface area contributed by atoms with Crippen LogP contribution in [0.5, 0.6) is 0 Å². The van der Waals surface area contributed by atoms with Gasteiger partial charge >= 0.3 is 5.69 Å². The molecule has 3 aromatic rings. The lowest BCUT2D eigenvalue weighted by molar-refractivity contribution is 0.0704. The average molecular weight is 406 g/mol. The maximum Gasteiger partial charge on any atom is 0.345 e. The van der Waals surface area contributed by atoms with Crippen LogP contribution < -0.4 is 5.69 Å². The number of rotatable bonds is 3. The average Bonchev–Trinajstić information content (AvgIpc) is 3.41. The summed E-state index contributed by atoms with van der Waals surface area (Å²) >= 11 is 0. The summed E-state index contributed by atoms with van der Waals surface area (Å²) in [6, 6.07) is 11.9. The van der Waals surface area contributed by atoms with E-state index in [9.17, 15) is 9.59 Å². The molecule has 2 aliphatic rings. The Labute approximate surface area is 175 Å². The van der Waals surface area contributed by atoms with E-state index in [0.29, 0.717) is 18.8 Å². The van der Waals surface area contributed by atoms with Crippen LogP contribution in [0.1, 0.15) is 66.8 Å². The molecule has 7 heteroatoms. The van der Waals surface area contributed by atoms with Gasteiger partial charge in [-0.1, -0.05) is 37.1 Å². The van der Waals surface area contributed by atoms with Crippen molar-refractivity contribution < 1.29 is 4.79 Å². The first-order chi connectivity index (χ1) is 14.6. The second kappa shape index (κ2) is 7.70. The quantitative estimate of drug-likeness (QED) is 0.670. The van der Waals surface area contributed by atoms with Gasteiger partial charge in [0.25, 0.3) is 5.91 Å². The number of amides is 1. The molecule has 0 unspecified atom stereocenters. The fourth-order valence-electron chi connectivity index (χ4n) is 4.97. The first-order valence-electron chi connectivity index (χ1n) is 10.9. The Hall–Kier alpha value is -2.96. The zero-order chi connectivity index (χ0) is 20.7. The van der Waals surface area contributed by atoms with E-state index in [0.717, 1.165) is 42.4 Å². The zero-order valence-electron chi connectivity index (χ0n) is 17.3. The summed E-state index contributed by atoms with van der Waals surface area (Å²) in [6.45, 7) is 1.32. The van der Waals surface area contributed by atoms with Crippen molar-refractivity contribution in [3.63, 3.8) is 0 Å². The third-order valence-corrected chi connectivity index (χ3v) is 6.64. The third kappa shape index (κ3) is 3.32. The third-order valence-electron chi connectivity index (χ3n) is 6.64. The molecule has 156 valence electrons. The lowest BCUT2D eigenvalue weighted by Crippen LogP contribution is -2.39. The Balaban J connectivity index is 1.32. The first kappa shape index (κ1) is 19.0. The fourth-order valence-corrected chi connectivity index (χ4v) is 4.97. The fraction of sp³-hybridized carbons (Fsp3) is 0.478. The number of aryl methyl sites for hydroxylation is 1. The number of aromatic nitrogens is 4. The molecule has 1 aliphatic heterocycles. The molecule has 1 saturated heterocycles. The molecule has 2 aromatic heterocycles. The van der Waals surface area contributed by atoms with Gasteiger partial charge in [0.1, 0.15) is 11.5 Å². The van der Waals surface area contributed by atoms with Gasteiger partial charge in [-0.05, 0) is 37.8 Å². The number of pyridine rings is 1. The van der Waals surface area contributed by atoms with Crippen LogP contribution >= 0.6 is 0 Å². The standard InChI is InChI=1S/C23H27N5O2/c1-26-23(30)28(18-7-3-4-8-18)21(25-26)17-12-14-27(15-13-17)22(29)20-11-10-16-6-2-5-9-19(16)24-20/h2,5-6,9-11,17-18H,3-4,7-8,12-15H2,1H3. The van der Waals surface area contributed by atoms with Gasteiger partial charge in [0.05, 0.1) is 5.52 Å². The van der Waals surface area contributed by atoms with Gasteiger partial charge in [-0.3, -0.25) is 9.36 Å². The Bertz CT molecular complexity index is 1130. The molecular weight excluding hydrogens is 378 g/mol. The maximum absolute atomic E-state index is 13.0. The topological polar surface area (TPSA) is 73.0 Å². The highest BCUT2D eigenvalue weighted by atomic mass is 16.2. The number of nitrogens with zero attached hydrogens (tertiary/aromatic N) is 5. The van der Waals surface area contributed by atoms with E-state index in [2.05, 4.69) is 10.1 Å². The number of benzene rings is 1. The van der Waals surface area contributed by atoms with Crippen molar-refractivity contribution in [2.75, 3.05) is 13.1 Å². The molecule has 30 heavy (non-hydrogen) atoms. The minimum Gasteiger partial charge on any atom is -0.337 e. The molecule has 3 heterocycles. The molecule has 0 N–H and O–H groups in total. The molecule has 5 rings (SSSR count). The van der Waals surface area contributed by atoms with Gasteiger partial charge in [0.15, 0.2) is 0 Å². The van der Waals surface area contributed by atoms with Crippen molar-refractivity contribution in [2.45, 2.75) is 50.5 Å². The van der Waals surface area contributed by atoms with E-state index >= 15 is 0 Å². The Kier molecular flexibility index (Phi) is 4.89. The molecule has 1 amide bonds. The zero-order valence-corrected chi connectivity index (χ0v) is 17.3. The van der Waals surface area contributed by atoms with Crippen molar-refractivity contribution in [3.8, 4) is 0 Å². The second-order valence-electron chi connectivity index (χ2n) is 8.53. The highest BCUT2D eigenvalue weighted by molar-refractivity contribution is 5.95. The van der Waals surface area contributed by atoms with E-state index in [1.54, 1.807) is 7.05 Å². The SMILES string of the molecule is Cn1nc(C2CCN(C(=O)c3ccc4ccccc4n3)CC2)n(C2CCCC2)c1=O. The van der Waals surface area contributed by atoms with Gasteiger partial charge in [-0.15, -0.1) is 0 Å². The number of carbonyl (C=O) groups excluding carboxylic acids is 1. The van der Waals surface area contributed by atoms with Crippen LogP contribution in [0.15, 0.2) is 41.2 Å². The highest BCUT2D eigenvalue weighted by Crippen LogP contribution is 2.33. The predicted octanol–water partition coefficient (Wildman–Crippen LogP) is 3.26. The Morgan fingerprint density at radius 2 is 1.73 bits per heavy atom. The second-order valence-corrected chi connectivity index (χ2v) is 8.53. The Morgan fingerprint density at radius 3 is 2.50 bits per heavy atom. The summed E-state index contributed by atoms with van der Waals surface area (Å²) in [5, 5.41) is 5.63. The molecule has 2 fully saturated rings. The largest absolute Gasteiger partial charge is 0.345 e. The number of hydrogen-bond donors (Lipinski definition) is 0. The van der Waals surface area contributed by atoms with Crippen molar-refractivity contribution in [3.05, 3.63) is 58.4 Å². The molecule has 1 aromatic carbocycles. The molecule has 1 aliphatic carbocycles. The number of carbonyl (C=O) groups is 1. The summed E-state index contributed by atoms with van der Waals surface area (Å²) in [6.07, 6.45) is 6.12. The molecule has 0 spiro atoms. The maximum atomic E-state index is 13.0. The summed E-state index contributed by atoms with van der Waals surface area (Å²) in [5.74, 6) is 1.10. The summed E-state index contributed by atoms with van der Waals surface area (Å²) in [4.78, 5) is 32.1. The van der Waals surface area contributed by atoms with Crippen molar-refractivity contribution in [1.82, 2.24) is 24.2 Å².